The van der Waals surface area contributed by atoms with E-state index in [4.69, 9.17) is 5.73 Å². The number of aromatic nitrogens is 2. The van der Waals surface area contributed by atoms with Crippen molar-refractivity contribution < 1.29 is 14.7 Å². The van der Waals surface area contributed by atoms with Crippen LogP contribution in [0, 0.1) is 6.92 Å². The molecule has 1 aromatic heterocycles. The van der Waals surface area contributed by atoms with Gasteiger partial charge in [0.2, 0.25) is 11.6 Å². The summed E-state index contributed by atoms with van der Waals surface area (Å²) in [6.45, 7) is 5.36. The van der Waals surface area contributed by atoms with Crippen molar-refractivity contribution >= 4 is 23.6 Å². The first-order chi connectivity index (χ1) is 9.20. The Morgan fingerprint density at radius 3 is 2.75 bits per heavy atom. The molecule has 1 aromatic rings. The van der Waals surface area contributed by atoms with Gasteiger partial charge in [0.15, 0.2) is 0 Å². The smallest absolute Gasteiger partial charge is 0.346 e. The third kappa shape index (κ3) is 1.38. The molecule has 20 heavy (non-hydrogen) atoms. The van der Waals surface area contributed by atoms with Crippen LogP contribution in [-0.4, -0.2) is 47.6 Å². The van der Waals surface area contributed by atoms with Gasteiger partial charge in [0.1, 0.15) is 11.7 Å². The monoisotopic (exact) mass is 296 g/mol. The molecule has 2 saturated heterocycles. The summed E-state index contributed by atoms with van der Waals surface area (Å²) >= 11 is 1.41. The van der Waals surface area contributed by atoms with Crippen LogP contribution in [-0.2, 0) is 9.59 Å². The van der Waals surface area contributed by atoms with Gasteiger partial charge in [-0.25, -0.2) is 9.78 Å². The quantitative estimate of drug-likeness (QED) is 0.674. The molecule has 0 aromatic carbocycles. The normalized spacial score (nSPS) is 34.8. The molecular weight excluding hydrogens is 280 g/mol. The highest BCUT2D eigenvalue weighted by Gasteiger charge is 2.72. The number of nitrogens with two attached hydrogens (primary N) is 1. The molecular formula is C12H16N4O3S. The number of β-lactam (4-membered cyclic amide) rings is 1. The molecule has 0 radical (unpaired) electrons. The Morgan fingerprint density at radius 2 is 2.25 bits per heavy atom. The van der Waals surface area contributed by atoms with Crippen molar-refractivity contribution in [2.75, 3.05) is 0 Å². The third-order valence-electron chi connectivity index (χ3n) is 4.10. The average molecular weight is 296 g/mol. The molecule has 2 aliphatic heterocycles. The number of rotatable bonds is 2. The van der Waals surface area contributed by atoms with E-state index < -0.39 is 22.3 Å². The van der Waals surface area contributed by atoms with Crippen LogP contribution in [0.2, 0.25) is 0 Å². The fourth-order valence-corrected chi connectivity index (χ4v) is 4.57. The minimum Gasteiger partial charge on any atom is -0.478 e. The van der Waals surface area contributed by atoms with E-state index in [1.54, 1.807) is 20.0 Å². The van der Waals surface area contributed by atoms with Crippen LogP contribution in [0.1, 0.15) is 31.3 Å². The van der Waals surface area contributed by atoms with Crippen LogP contribution in [0.4, 0.5) is 0 Å². The van der Waals surface area contributed by atoms with Crippen molar-refractivity contribution in [2.24, 2.45) is 5.73 Å². The molecule has 3 rings (SSSR count). The number of nitrogens with one attached hydrogen (secondary N) is 1. The van der Waals surface area contributed by atoms with E-state index >= 15 is 0 Å². The molecule has 3 atom stereocenters. The zero-order valence-electron chi connectivity index (χ0n) is 11.4. The maximum absolute atomic E-state index is 12.4. The molecule has 8 heteroatoms. The number of carbonyl (C=O) groups is 2. The lowest BCUT2D eigenvalue weighted by molar-refractivity contribution is -0.170. The van der Waals surface area contributed by atoms with Gasteiger partial charge >= 0.3 is 5.97 Å². The largest absolute Gasteiger partial charge is 0.478 e. The number of fused-ring (bicyclic) bond motifs is 1. The van der Waals surface area contributed by atoms with Crippen LogP contribution in [0.15, 0.2) is 6.20 Å². The number of hydrogen-bond donors (Lipinski definition) is 3. The SMILES string of the molecule is Cc1cnc(C2C(=O)N3[C@@H]2SC(C)(C)C3(N)C(=O)O)[nH]1. The Labute approximate surface area is 119 Å². The fourth-order valence-electron chi connectivity index (χ4n) is 2.84. The Balaban J connectivity index is 1.99. The number of imidazole rings is 1. The second-order valence-electron chi connectivity index (χ2n) is 5.73. The lowest BCUT2D eigenvalue weighted by atomic mass is 9.86. The van der Waals surface area contributed by atoms with Crippen molar-refractivity contribution in [3.63, 3.8) is 0 Å². The van der Waals surface area contributed by atoms with E-state index in [-0.39, 0.29) is 11.3 Å². The van der Waals surface area contributed by atoms with Crippen molar-refractivity contribution in [1.82, 2.24) is 14.9 Å². The number of aliphatic carboxylic acids is 1. The topological polar surface area (TPSA) is 112 Å². The number of aryl methyl sites for hydroxylation is 1. The van der Waals surface area contributed by atoms with Crippen LogP contribution >= 0.6 is 11.8 Å². The fraction of sp³-hybridized carbons (Fsp3) is 0.583. The maximum Gasteiger partial charge on any atom is 0.346 e. The van der Waals surface area contributed by atoms with Gasteiger partial charge in [-0.2, -0.15) is 0 Å². The number of thioether (sulfide) groups is 1. The molecule has 3 heterocycles. The molecule has 0 saturated carbocycles. The Hall–Kier alpha value is -1.54. The van der Waals surface area contributed by atoms with E-state index in [0.29, 0.717) is 5.82 Å². The van der Waals surface area contributed by atoms with Gasteiger partial charge in [-0.1, -0.05) is 0 Å². The van der Waals surface area contributed by atoms with Crippen LogP contribution in [0.3, 0.4) is 0 Å². The summed E-state index contributed by atoms with van der Waals surface area (Å²) < 4.78 is -0.768. The lowest BCUT2D eigenvalue weighted by Crippen LogP contribution is -2.74. The first kappa shape index (κ1) is 13.4. The van der Waals surface area contributed by atoms with Gasteiger partial charge in [0.25, 0.3) is 0 Å². The average Bonchev–Trinajstić information content (AvgIpc) is 2.80. The summed E-state index contributed by atoms with van der Waals surface area (Å²) in [5.74, 6) is -1.34. The van der Waals surface area contributed by atoms with Crippen molar-refractivity contribution in [1.29, 1.82) is 0 Å². The van der Waals surface area contributed by atoms with E-state index in [1.165, 1.54) is 16.7 Å². The number of H-pyrrole nitrogens is 1. The van der Waals surface area contributed by atoms with E-state index in [0.717, 1.165) is 5.69 Å². The summed E-state index contributed by atoms with van der Waals surface area (Å²) in [7, 11) is 0. The number of hydrogen-bond acceptors (Lipinski definition) is 5. The molecule has 7 nitrogen and oxygen atoms in total. The van der Waals surface area contributed by atoms with Gasteiger partial charge in [-0.05, 0) is 20.8 Å². The number of aromatic amines is 1. The number of amides is 1. The summed E-state index contributed by atoms with van der Waals surface area (Å²) in [6, 6.07) is 0. The highest BCUT2D eigenvalue weighted by molar-refractivity contribution is 8.01. The summed E-state index contributed by atoms with van der Waals surface area (Å²) in [4.78, 5) is 32.4. The zero-order valence-corrected chi connectivity index (χ0v) is 12.2. The molecule has 2 unspecified atom stereocenters. The van der Waals surface area contributed by atoms with Gasteiger partial charge in [0, 0.05) is 11.9 Å². The maximum atomic E-state index is 12.4. The first-order valence-corrected chi connectivity index (χ1v) is 7.13. The highest BCUT2D eigenvalue weighted by atomic mass is 32.2. The Morgan fingerprint density at radius 1 is 1.60 bits per heavy atom. The number of carbonyl (C=O) groups excluding carboxylic acids is 1. The van der Waals surface area contributed by atoms with Crippen molar-refractivity contribution in [3.05, 3.63) is 17.7 Å². The van der Waals surface area contributed by atoms with Crippen molar-refractivity contribution in [2.45, 2.75) is 42.5 Å². The van der Waals surface area contributed by atoms with Gasteiger partial charge in [0.05, 0.1) is 10.1 Å². The second-order valence-corrected chi connectivity index (χ2v) is 7.47. The van der Waals surface area contributed by atoms with Gasteiger partial charge in [-0.15, -0.1) is 11.8 Å². The second kappa shape index (κ2) is 3.76. The predicted molar refractivity (Wildman–Crippen MR) is 72.9 cm³/mol. The van der Waals surface area contributed by atoms with Gasteiger partial charge < -0.3 is 10.1 Å². The number of carboxylic acids is 1. The van der Waals surface area contributed by atoms with E-state index in [1.807, 2.05) is 6.92 Å². The molecule has 0 spiro atoms. The molecule has 0 bridgehead atoms. The number of carboxylic acid groups (broad SMARTS) is 1. The summed E-state index contributed by atoms with van der Waals surface area (Å²) in [5.41, 5.74) is 5.24. The predicted octanol–water partition coefficient (Wildman–Crippen LogP) is 0.235. The van der Waals surface area contributed by atoms with Crippen LogP contribution in [0.5, 0.6) is 0 Å². The zero-order chi connectivity index (χ0) is 14.9. The molecule has 0 aliphatic carbocycles. The summed E-state index contributed by atoms with van der Waals surface area (Å²) in [5, 5.41) is 9.17. The first-order valence-electron chi connectivity index (χ1n) is 6.25. The Bertz CT molecular complexity index is 614. The molecule has 2 fully saturated rings. The van der Waals surface area contributed by atoms with E-state index in [2.05, 4.69) is 9.97 Å². The van der Waals surface area contributed by atoms with Crippen molar-refractivity contribution in [3.8, 4) is 0 Å². The Kier molecular flexibility index (Phi) is 2.53. The molecule has 4 N–H and O–H groups in total. The van der Waals surface area contributed by atoms with Crippen LogP contribution < -0.4 is 5.73 Å². The highest BCUT2D eigenvalue weighted by Crippen LogP contribution is 2.58. The van der Waals surface area contributed by atoms with Crippen LogP contribution in [0.25, 0.3) is 0 Å². The number of nitrogens with zero attached hydrogens (tertiary/aromatic N) is 2. The standard InChI is InChI=1S/C12H16N4O3S/c1-5-4-14-7(15-5)6-8(17)16-9(6)20-11(2,3)12(16,13)10(18)19/h4,6,9H,13H2,1-3H3,(H,14,15)(H,18,19)/t6?,9-,12?/m1/s1. The molecule has 1 amide bonds. The summed E-state index contributed by atoms with van der Waals surface area (Å²) in [6.07, 6.45) is 1.66. The molecule has 108 valence electrons. The molecule has 2 aliphatic rings. The van der Waals surface area contributed by atoms with Gasteiger partial charge in [-0.3, -0.25) is 15.4 Å². The third-order valence-corrected chi connectivity index (χ3v) is 5.72. The minimum absolute atomic E-state index is 0.285. The van der Waals surface area contributed by atoms with E-state index in [9.17, 15) is 14.7 Å². The lowest BCUT2D eigenvalue weighted by Gasteiger charge is -2.47. The minimum atomic E-state index is -1.68.